The zero-order valence-corrected chi connectivity index (χ0v) is 19.4. The van der Waals surface area contributed by atoms with Crippen LogP contribution in [0.2, 0.25) is 0 Å². The second kappa shape index (κ2) is 9.02. The number of halogens is 1. The number of hydrogen-bond donors (Lipinski definition) is 2. The van der Waals surface area contributed by atoms with Gasteiger partial charge in [-0.05, 0) is 73.2 Å². The first-order valence-corrected chi connectivity index (χ1v) is 12.2. The van der Waals surface area contributed by atoms with E-state index in [0.717, 1.165) is 21.3 Å². The molecule has 0 unspecified atom stereocenters. The van der Waals surface area contributed by atoms with Gasteiger partial charge in [0.15, 0.2) is 0 Å². The maximum Gasteiger partial charge on any atom is 0.227 e. The van der Waals surface area contributed by atoms with E-state index < -0.39 is 15.3 Å². The zero-order valence-electron chi connectivity index (χ0n) is 17.0. The fraction of sp³-hybridized carbons (Fsp3) is 0.476. The highest BCUT2D eigenvalue weighted by Gasteiger charge is 2.29. The smallest absolute Gasteiger partial charge is 0.227 e. The molecular formula is C21H28BrN3O3S. The summed E-state index contributed by atoms with van der Waals surface area (Å²) in [7, 11) is -1.30. The largest absolute Gasteiger partial charge is 0.355 e. The molecule has 6 nitrogen and oxygen atoms in total. The molecule has 3 rings (SSSR count). The fourth-order valence-electron chi connectivity index (χ4n) is 3.61. The molecule has 0 bridgehead atoms. The Morgan fingerprint density at radius 2 is 1.86 bits per heavy atom. The summed E-state index contributed by atoms with van der Waals surface area (Å²) in [6.45, 7) is 3.34. The van der Waals surface area contributed by atoms with Crippen LogP contribution in [0.3, 0.4) is 0 Å². The fourth-order valence-corrected chi connectivity index (χ4v) is 5.24. The number of aromatic nitrogens is 1. The van der Waals surface area contributed by atoms with E-state index in [2.05, 4.69) is 26.0 Å². The summed E-state index contributed by atoms with van der Waals surface area (Å²) in [6, 6.07) is 7.73. The Kier molecular flexibility index (Phi) is 6.86. The topological polar surface area (TPSA) is 80.2 Å². The predicted molar refractivity (Wildman–Crippen MR) is 120 cm³/mol. The van der Waals surface area contributed by atoms with E-state index in [-0.39, 0.29) is 17.9 Å². The Hall–Kier alpha value is -1.64. The molecule has 2 N–H and O–H groups in total. The van der Waals surface area contributed by atoms with Crippen LogP contribution in [-0.2, 0) is 21.9 Å². The van der Waals surface area contributed by atoms with Gasteiger partial charge in [-0.25, -0.2) is 13.1 Å². The number of sulfonamides is 1. The van der Waals surface area contributed by atoms with E-state index in [9.17, 15) is 13.2 Å². The van der Waals surface area contributed by atoms with E-state index in [1.165, 1.54) is 0 Å². The SMILES string of the molecule is CC(C)S(=O)(=O)NC1CCC(C(=O)Nc2cccc(-c3cn(C)cc3Br)c2)CC1. The molecule has 0 atom stereocenters. The van der Waals surface area contributed by atoms with Crippen molar-refractivity contribution in [2.45, 2.75) is 50.8 Å². The summed E-state index contributed by atoms with van der Waals surface area (Å²) >= 11 is 3.57. The molecule has 0 spiro atoms. The number of hydrogen-bond acceptors (Lipinski definition) is 3. The number of anilines is 1. The lowest BCUT2D eigenvalue weighted by atomic mass is 9.86. The summed E-state index contributed by atoms with van der Waals surface area (Å²) in [6.07, 6.45) is 6.75. The second-order valence-corrected chi connectivity index (χ2v) is 11.1. The molecule has 8 heteroatoms. The molecule has 1 aliphatic rings. The van der Waals surface area contributed by atoms with Gasteiger partial charge in [0.05, 0.1) is 5.25 Å². The van der Waals surface area contributed by atoms with Crippen LogP contribution in [0.5, 0.6) is 0 Å². The van der Waals surface area contributed by atoms with Gasteiger partial charge in [0.1, 0.15) is 0 Å². The third-order valence-electron chi connectivity index (χ3n) is 5.40. The Labute approximate surface area is 181 Å². The standard InChI is InChI=1S/C21H28BrN3O3S/c1-14(2)29(27,28)24-17-9-7-15(8-10-17)21(26)23-18-6-4-5-16(11-18)19-12-25(3)13-20(19)22/h4-6,11-15,17,24H,7-10H2,1-3H3,(H,23,26). The molecule has 1 saturated carbocycles. The minimum Gasteiger partial charge on any atom is -0.355 e. The van der Waals surface area contributed by atoms with Crippen LogP contribution in [0.15, 0.2) is 41.1 Å². The first kappa shape index (κ1) is 22.1. The van der Waals surface area contributed by atoms with Crippen LogP contribution >= 0.6 is 15.9 Å². The number of nitrogens with zero attached hydrogens (tertiary/aromatic N) is 1. The third kappa shape index (κ3) is 5.49. The lowest BCUT2D eigenvalue weighted by Gasteiger charge is -2.28. The normalized spacial score (nSPS) is 20.0. The first-order chi connectivity index (χ1) is 13.7. The quantitative estimate of drug-likeness (QED) is 0.645. The van der Waals surface area contributed by atoms with Gasteiger partial charge in [-0.3, -0.25) is 4.79 Å². The first-order valence-electron chi connectivity index (χ1n) is 9.89. The molecule has 1 aliphatic carbocycles. The molecule has 1 fully saturated rings. The maximum absolute atomic E-state index is 12.7. The molecule has 1 heterocycles. The van der Waals surface area contributed by atoms with Gasteiger partial charge < -0.3 is 9.88 Å². The van der Waals surface area contributed by atoms with Crippen molar-refractivity contribution < 1.29 is 13.2 Å². The second-order valence-electron chi connectivity index (χ2n) is 8.02. The van der Waals surface area contributed by atoms with Crippen LogP contribution in [-0.4, -0.2) is 30.2 Å². The molecule has 0 radical (unpaired) electrons. The number of carbonyl (C=O) groups is 1. The van der Waals surface area contributed by atoms with Crippen LogP contribution in [0.1, 0.15) is 39.5 Å². The molecule has 0 aliphatic heterocycles. The third-order valence-corrected chi connectivity index (χ3v) is 7.93. The van der Waals surface area contributed by atoms with Gasteiger partial charge in [0, 0.05) is 47.1 Å². The van der Waals surface area contributed by atoms with Crippen molar-refractivity contribution in [1.29, 1.82) is 0 Å². The van der Waals surface area contributed by atoms with Gasteiger partial charge in [-0.2, -0.15) is 0 Å². The Bertz CT molecular complexity index is 977. The highest BCUT2D eigenvalue weighted by atomic mass is 79.9. The van der Waals surface area contributed by atoms with E-state index >= 15 is 0 Å². The van der Waals surface area contributed by atoms with E-state index in [1.807, 2.05) is 48.3 Å². The summed E-state index contributed by atoms with van der Waals surface area (Å²) in [5.74, 6) is -0.0960. The average molecular weight is 482 g/mol. The van der Waals surface area contributed by atoms with Crippen molar-refractivity contribution in [3.8, 4) is 11.1 Å². The number of rotatable bonds is 6. The molecule has 1 amide bonds. The van der Waals surface area contributed by atoms with Gasteiger partial charge in [0.2, 0.25) is 15.9 Å². The predicted octanol–water partition coefficient (Wildman–Crippen LogP) is 4.28. The summed E-state index contributed by atoms with van der Waals surface area (Å²) < 4.78 is 29.8. The van der Waals surface area contributed by atoms with Crippen molar-refractivity contribution in [2.75, 3.05) is 5.32 Å². The molecule has 0 saturated heterocycles. The average Bonchev–Trinajstić information content (AvgIpc) is 3.00. The van der Waals surface area contributed by atoms with Crippen LogP contribution in [0.4, 0.5) is 5.69 Å². The van der Waals surface area contributed by atoms with Crippen molar-refractivity contribution in [3.05, 3.63) is 41.1 Å². The molecule has 2 aromatic rings. The van der Waals surface area contributed by atoms with E-state index in [0.29, 0.717) is 25.7 Å². The molecular weight excluding hydrogens is 454 g/mol. The van der Waals surface area contributed by atoms with Crippen molar-refractivity contribution >= 4 is 37.5 Å². The lowest BCUT2D eigenvalue weighted by Crippen LogP contribution is -2.42. The van der Waals surface area contributed by atoms with Crippen molar-refractivity contribution in [2.24, 2.45) is 13.0 Å². The Morgan fingerprint density at radius 3 is 2.45 bits per heavy atom. The van der Waals surface area contributed by atoms with Crippen LogP contribution in [0.25, 0.3) is 11.1 Å². The van der Waals surface area contributed by atoms with E-state index in [1.54, 1.807) is 13.8 Å². The van der Waals surface area contributed by atoms with Crippen LogP contribution in [0, 0.1) is 5.92 Å². The number of aryl methyl sites for hydroxylation is 1. The summed E-state index contributed by atoms with van der Waals surface area (Å²) in [5.41, 5.74) is 2.87. The monoisotopic (exact) mass is 481 g/mol. The highest BCUT2D eigenvalue weighted by Crippen LogP contribution is 2.31. The van der Waals surface area contributed by atoms with Gasteiger partial charge in [0.25, 0.3) is 0 Å². The highest BCUT2D eigenvalue weighted by molar-refractivity contribution is 9.10. The molecule has 1 aromatic carbocycles. The van der Waals surface area contributed by atoms with E-state index in [4.69, 9.17) is 0 Å². The van der Waals surface area contributed by atoms with Crippen molar-refractivity contribution in [3.63, 3.8) is 0 Å². The summed E-state index contributed by atoms with van der Waals surface area (Å²) in [5, 5.41) is 2.59. The van der Waals surface area contributed by atoms with Gasteiger partial charge in [-0.1, -0.05) is 12.1 Å². The summed E-state index contributed by atoms with van der Waals surface area (Å²) in [4.78, 5) is 12.7. The van der Waals surface area contributed by atoms with Crippen molar-refractivity contribution in [1.82, 2.24) is 9.29 Å². The lowest BCUT2D eigenvalue weighted by molar-refractivity contribution is -0.120. The van der Waals surface area contributed by atoms with Gasteiger partial charge in [-0.15, -0.1) is 0 Å². The Balaban J connectivity index is 1.59. The minimum atomic E-state index is -3.27. The van der Waals surface area contributed by atoms with Crippen LogP contribution < -0.4 is 10.0 Å². The number of amides is 1. The van der Waals surface area contributed by atoms with Gasteiger partial charge >= 0.3 is 0 Å². The number of carbonyl (C=O) groups excluding carboxylic acids is 1. The number of nitrogens with one attached hydrogen (secondary N) is 2. The number of benzene rings is 1. The molecule has 158 valence electrons. The minimum absolute atomic E-state index is 0.000515. The maximum atomic E-state index is 12.7. The Morgan fingerprint density at radius 1 is 1.17 bits per heavy atom. The molecule has 1 aromatic heterocycles. The molecule has 29 heavy (non-hydrogen) atoms. The zero-order chi connectivity index (χ0) is 21.2.